The van der Waals surface area contributed by atoms with Gasteiger partial charge in [-0.05, 0) is 54.5 Å². The molecule has 1 aliphatic rings. The molecule has 0 bridgehead atoms. The number of H-pyrrole nitrogens is 1. The van der Waals surface area contributed by atoms with E-state index in [0.29, 0.717) is 17.2 Å². The van der Waals surface area contributed by atoms with Crippen LogP contribution in [0.3, 0.4) is 0 Å². The molecule has 2 amide bonds. The Kier molecular flexibility index (Phi) is 6.66. The maximum absolute atomic E-state index is 13.4. The third-order valence-electron chi connectivity index (χ3n) is 6.91. The minimum Gasteiger partial charge on any atom is -0.480 e. The molecule has 8 nitrogen and oxygen atoms in total. The van der Waals surface area contributed by atoms with Crippen LogP contribution in [0.4, 0.5) is 0 Å². The average molecular weight is 484 g/mol. The third kappa shape index (κ3) is 4.66. The molecule has 1 aliphatic carbocycles. The lowest BCUT2D eigenvalue weighted by Gasteiger charge is -2.30. The normalized spacial score (nSPS) is 17.5. The van der Waals surface area contributed by atoms with Gasteiger partial charge in [-0.1, -0.05) is 42.8 Å². The maximum Gasteiger partial charge on any atom is 0.272 e. The number of nitrogens with one attached hydrogen (secondary N) is 3. The SMILES string of the molecule is CNC(=O)c1n[nH]c2cc(-c3cnc(OC)c(C(=O)N[C@H]4CCC[C@@H](c5ccccc5)C4)c3)ccc12. The number of aromatic amines is 1. The van der Waals surface area contributed by atoms with E-state index >= 15 is 0 Å². The largest absolute Gasteiger partial charge is 0.480 e. The number of hydrogen-bond acceptors (Lipinski definition) is 5. The molecule has 4 aromatic rings. The van der Waals surface area contributed by atoms with Crippen molar-refractivity contribution < 1.29 is 14.3 Å². The van der Waals surface area contributed by atoms with Crippen LogP contribution in [-0.4, -0.2) is 47.2 Å². The van der Waals surface area contributed by atoms with Crippen LogP contribution in [0, 0.1) is 0 Å². The molecule has 0 unspecified atom stereocenters. The van der Waals surface area contributed by atoms with Crippen molar-refractivity contribution in [2.75, 3.05) is 14.2 Å². The Morgan fingerprint density at radius 1 is 1.03 bits per heavy atom. The van der Waals surface area contributed by atoms with Crippen molar-refractivity contribution in [1.29, 1.82) is 0 Å². The van der Waals surface area contributed by atoms with Crippen molar-refractivity contribution in [2.45, 2.75) is 37.6 Å². The first-order chi connectivity index (χ1) is 17.6. The van der Waals surface area contributed by atoms with E-state index < -0.39 is 0 Å². The lowest BCUT2D eigenvalue weighted by molar-refractivity contribution is 0.0919. The number of amides is 2. The van der Waals surface area contributed by atoms with Crippen LogP contribution in [0.25, 0.3) is 22.0 Å². The zero-order valence-corrected chi connectivity index (χ0v) is 20.4. The molecule has 2 heterocycles. The number of pyridine rings is 1. The minimum absolute atomic E-state index is 0.0919. The maximum atomic E-state index is 13.4. The molecule has 1 saturated carbocycles. The molecule has 3 N–H and O–H groups in total. The van der Waals surface area contributed by atoms with Gasteiger partial charge in [0.1, 0.15) is 5.56 Å². The quantitative estimate of drug-likeness (QED) is 0.375. The lowest BCUT2D eigenvalue weighted by Crippen LogP contribution is -2.38. The first-order valence-electron chi connectivity index (χ1n) is 12.2. The third-order valence-corrected chi connectivity index (χ3v) is 6.91. The second-order valence-corrected chi connectivity index (χ2v) is 9.14. The molecule has 2 atom stereocenters. The van der Waals surface area contributed by atoms with E-state index in [2.05, 4.69) is 50.1 Å². The van der Waals surface area contributed by atoms with E-state index in [0.717, 1.165) is 47.7 Å². The highest BCUT2D eigenvalue weighted by atomic mass is 16.5. The molecule has 36 heavy (non-hydrogen) atoms. The van der Waals surface area contributed by atoms with Crippen LogP contribution in [-0.2, 0) is 0 Å². The van der Waals surface area contributed by atoms with Crippen molar-refractivity contribution in [1.82, 2.24) is 25.8 Å². The van der Waals surface area contributed by atoms with Crippen molar-refractivity contribution in [3.8, 4) is 17.0 Å². The fraction of sp³-hybridized carbons (Fsp3) is 0.286. The standard InChI is InChI=1S/C28H29N5O3/c1-29-27(35)25-22-12-11-19(15-24(22)32-33-25)20-14-23(28(36-2)30-16-20)26(34)31-21-10-6-9-18(13-21)17-7-4-3-5-8-17/h3-5,7-8,11-12,14-16,18,21H,6,9-10,13H2,1-2H3,(H,29,35)(H,31,34)(H,32,33)/t18-,21+/m1/s1. The van der Waals surface area contributed by atoms with Crippen molar-refractivity contribution >= 4 is 22.7 Å². The average Bonchev–Trinajstić information content (AvgIpc) is 3.36. The first-order valence-corrected chi connectivity index (χ1v) is 12.2. The topological polar surface area (TPSA) is 109 Å². The molecule has 184 valence electrons. The molecule has 1 fully saturated rings. The van der Waals surface area contributed by atoms with E-state index in [1.54, 1.807) is 19.3 Å². The number of benzene rings is 2. The summed E-state index contributed by atoms with van der Waals surface area (Å²) in [5.74, 6) is 0.286. The smallest absolute Gasteiger partial charge is 0.272 e. The second-order valence-electron chi connectivity index (χ2n) is 9.14. The van der Waals surface area contributed by atoms with E-state index in [9.17, 15) is 9.59 Å². The highest BCUT2D eigenvalue weighted by Gasteiger charge is 2.26. The number of carbonyl (C=O) groups excluding carboxylic acids is 2. The molecular weight excluding hydrogens is 454 g/mol. The summed E-state index contributed by atoms with van der Waals surface area (Å²) in [6, 6.07) is 18.0. The molecule has 5 rings (SSSR count). The van der Waals surface area contributed by atoms with Crippen LogP contribution in [0.5, 0.6) is 5.88 Å². The van der Waals surface area contributed by atoms with Gasteiger partial charge in [0.2, 0.25) is 5.88 Å². The number of aromatic nitrogens is 3. The molecule has 0 aliphatic heterocycles. The molecule has 2 aromatic carbocycles. The summed E-state index contributed by atoms with van der Waals surface area (Å²) >= 11 is 0. The fourth-order valence-corrected chi connectivity index (χ4v) is 5.04. The summed E-state index contributed by atoms with van der Waals surface area (Å²) in [4.78, 5) is 29.8. The highest BCUT2D eigenvalue weighted by molar-refractivity contribution is 6.05. The van der Waals surface area contributed by atoms with Crippen LogP contribution in [0.15, 0.2) is 60.8 Å². The van der Waals surface area contributed by atoms with Crippen LogP contribution in [0.2, 0.25) is 0 Å². The van der Waals surface area contributed by atoms with E-state index in [4.69, 9.17) is 4.74 Å². The minimum atomic E-state index is -0.253. The van der Waals surface area contributed by atoms with Gasteiger partial charge in [0.25, 0.3) is 11.8 Å². The Morgan fingerprint density at radius 2 is 1.86 bits per heavy atom. The van der Waals surface area contributed by atoms with Crippen molar-refractivity contribution in [3.05, 3.63) is 77.6 Å². The number of hydrogen-bond donors (Lipinski definition) is 3. The zero-order valence-electron chi connectivity index (χ0n) is 20.4. The summed E-state index contributed by atoms with van der Waals surface area (Å²) in [7, 11) is 3.09. The Labute approximate surface area is 209 Å². The first kappa shape index (κ1) is 23.5. The summed E-state index contributed by atoms with van der Waals surface area (Å²) in [5, 5.41) is 13.6. The number of carbonyl (C=O) groups is 2. The van der Waals surface area contributed by atoms with Gasteiger partial charge in [0, 0.05) is 30.2 Å². The fourth-order valence-electron chi connectivity index (χ4n) is 5.04. The summed E-state index contributed by atoms with van der Waals surface area (Å²) < 4.78 is 5.42. The summed E-state index contributed by atoms with van der Waals surface area (Å²) in [6.07, 6.45) is 5.75. The Bertz CT molecular complexity index is 1400. The Hall–Kier alpha value is -4.20. The van der Waals surface area contributed by atoms with Gasteiger partial charge in [-0.15, -0.1) is 0 Å². The van der Waals surface area contributed by atoms with Crippen LogP contribution >= 0.6 is 0 Å². The summed E-state index contributed by atoms with van der Waals surface area (Å²) in [6.45, 7) is 0. The van der Waals surface area contributed by atoms with Gasteiger partial charge in [0.15, 0.2) is 5.69 Å². The van der Waals surface area contributed by atoms with Crippen molar-refractivity contribution in [2.24, 2.45) is 0 Å². The molecule has 0 saturated heterocycles. The van der Waals surface area contributed by atoms with E-state index in [1.807, 2.05) is 24.3 Å². The van der Waals surface area contributed by atoms with Gasteiger partial charge >= 0.3 is 0 Å². The van der Waals surface area contributed by atoms with Crippen LogP contribution in [0.1, 0.15) is 58.0 Å². The van der Waals surface area contributed by atoms with Gasteiger partial charge in [0.05, 0.1) is 12.6 Å². The van der Waals surface area contributed by atoms with Gasteiger partial charge in [-0.25, -0.2) is 4.98 Å². The zero-order chi connectivity index (χ0) is 25.1. The number of nitrogens with zero attached hydrogens (tertiary/aromatic N) is 2. The van der Waals surface area contributed by atoms with Gasteiger partial charge < -0.3 is 15.4 Å². The van der Waals surface area contributed by atoms with E-state index in [1.165, 1.54) is 12.7 Å². The number of ether oxygens (including phenoxy) is 1. The van der Waals surface area contributed by atoms with Crippen LogP contribution < -0.4 is 15.4 Å². The number of rotatable bonds is 6. The predicted octanol–water partition coefficient (Wildman–Crippen LogP) is 4.45. The predicted molar refractivity (Wildman–Crippen MR) is 138 cm³/mol. The molecular formula is C28H29N5O3. The van der Waals surface area contributed by atoms with E-state index in [-0.39, 0.29) is 23.7 Å². The molecule has 2 aromatic heterocycles. The highest BCUT2D eigenvalue weighted by Crippen LogP contribution is 2.33. The summed E-state index contributed by atoms with van der Waals surface area (Å²) in [5.41, 5.74) is 4.40. The Morgan fingerprint density at radius 3 is 2.64 bits per heavy atom. The van der Waals surface area contributed by atoms with Crippen molar-refractivity contribution in [3.63, 3.8) is 0 Å². The molecule has 0 spiro atoms. The van der Waals surface area contributed by atoms with Gasteiger partial charge in [-0.2, -0.15) is 5.10 Å². The second kappa shape index (κ2) is 10.2. The number of fused-ring (bicyclic) bond motifs is 1. The lowest BCUT2D eigenvalue weighted by atomic mass is 9.81. The van der Waals surface area contributed by atoms with Gasteiger partial charge in [-0.3, -0.25) is 14.7 Å². The molecule has 0 radical (unpaired) electrons. The Balaban J connectivity index is 1.38. The number of methoxy groups -OCH3 is 1. The molecule has 8 heteroatoms. The monoisotopic (exact) mass is 483 g/mol.